The molecule has 0 aliphatic carbocycles. The van der Waals surface area contributed by atoms with Crippen molar-refractivity contribution in [1.29, 1.82) is 0 Å². The van der Waals surface area contributed by atoms with E-state index in [1.165, 1.54) is 11.6 Å². The van der Waals surface area contributed by atoms with Crippen molar-refractivity contribution in [3.8, 4) is 0 Å². The maximum atomic E-state index is 13.6. The van der Waals surface area contributed by atoms with Gasteiger partial charge in [0.05, 0.1) is 0 Å². The first-order valence-electron chi connectivity index (χ1n) is 6.13. The molecule has 0 saturated carbocycles. The van der Waals surface area contributed by atoms with Gasteiger partial charge in [0.1, 0.15) is 11.3 Å². The number of rotatable bonds is 4. The molecule has 1 aromatic carbocycles. The van der Waals surface area contributed by atoms with Gasteiger partial charge >= 0.3 is 0 Å². The second-order valence-electron chi connectivity index (χ2n) is 4.30. The van der Waals surface area contributed by atoms with Crippen LogP contribution in [0.2, 0.25) is 0 Å². The van der Waals surface area contributed by atoms with E-state index in [1.807, 2.05) is 12.1 Å². The third-order valence-electron chi connectivity index (χ3n) is 3.03. The predicted molar refractivity (Wildman–Crippen MR) is 78.2 cm³/mol. The van der Waals surface area contributed by atoms with Gasteiger partial charge in [0.15, 0.2) is 0 Å². The Bertz CT molecular complexity index is 680. The highest BCUT2D eigenvalue weighted by atomic mass is 32.1. The van der Waals surface area contributed by atoms with Gasteiger partial charge < -0.3 is 5.32 Å². The highest BCUT2D eigenvalue weighted by Gasteiger charge is 2.05. The monoisotopic (exact) mass is 272 g/mol. The van der Waals surface area contributed by atoms with Crippen LogP contribution in [-0.4, -0.2) is 11.5 Å². The zero-order chi connectivity index (χ0) is 13.1. The molecule has 3 rings (SSSR count). The van der Waals surface area contributed by atoms with E-state index in [4.69, 9.17) is 0 Å². The van der Waals surface area contributed by atoms with Gasteiger partial charge in [-0.3, -0.25) is 4.98 Å². The molecule has 3 aromatic rings. The number of anilines is 1. The second kappa shape index (κ2) is 5.36. The van der Waals surface area contributed by atoms with Gasteiger partial charge in [-0.2, -0.15) is 11.3 Å². The van der Waals surface area contributed by atoms with Gasteiger partial charge in [-0.25, -0.2) is 4.39 Å². The third-order valence-corrected chi connectivity index (χ3v) is 3.76. The van der Waals surface area contributed by atoms with E-state index in [-0.39, 0.29) is 5.82 Å². The molecule has 2 heterocycles. The highest BCUT2D eigenvalue weighted by molar-refractivity contribution is 7.07. The number of fused-ring (bicyclic) bond motifs is 1. The number of aromatic nitrogens is 1. The van der Waals surface area contributed by atoms with E-state index in [9.17, 15) is 4.39 Å². The lowest BCUT2D eigenvalue weighted by molar-refractivity contribution is 0.637. The molecule has 19 heavy (non-hydrogen) atoms. The molecule has 2 nitrogen and oxygen atoms in total. The Morgan fingerprint density at radius 2 is 2.16 bits per heavy atom. The van der Waals surface area contributed by atoms with Gasteiger partial charge in [-0.05, 0) is 40.9 Å². The summed E-state index contributed by atoms with van der Waals surface area (Å²) in [4.78, 5) is 4.09. The van der Waals surface area contributed by atoms with E-state index >= 15 is 0 Å². The number of pyridine rings is 1. The summed E-state index contributed by atoms with van der Waals surface area (Å²) in [5, 5.41) is 8.40. The van der Waals surface area contributed by atoms with Gasteiger partial charge in [-0.1, -0.05) is 12.1 Å². The van der Waals surface area contributed by atoms with E-state index in [0.29, 0.717) is 5.52 Å². The number of nitrogens with one attached hydrogen (secondary N) is 1. The molecule has 0 fully saturated rings. The lowest BCUT2D eigenvalue weighted by Gasteiger charge is -2.09. The molecule has 0 atom stereocenters. The predicted octanol–water partition coefficient (Wildman–Crippen LogP) is 4.09. The van der Waals surface area contributed by atoms with Crippen LogP contribution in [0.15, 0.2) is 47.3 Å². The molecule has 1 N–H and O–H groups in total. The summed E-state index contributed by atoms with van der Waals surface area (Å²) in [7, 11) is 0. The molecule has 0 aliphatic heterocycles. The lowest BCUT2D eigenvalue weighted by atomic mass is 10.1. The minimum atomic E-state index is -0.279. The zero-order valence-electron chi connectivity index (χ0n) is 10.3. The van der Waals surface area contributed by atoms with Crippen molar-refractivity contribution in [1.82, 2.24) is 4.98 Å². The quantitative estimate of drug-likeness (QED) is 0.773. The molecule has 4 heteroatoms. The van der Waals surface area contributed by atoms with E-state index in [1.54, 1.807) is 23.6 Å². The number of nitrogens with zero attached hydrogens (tertiary/aromatic N) is 1. The summed E-state index contributed by atoms with van der Waals surface area (Å²) in [5.41, 5.74) is 2.67. The minimum Gasteiger partial charge on any atom is -0.384 e. The van der Waals surface area contributed by atoms with Crippen molar-refractivity contribution >= 4 is 27.9 Å². The topological polar surface area (TPSA) is 24.9 Å². The van der Waals surface area contributed by atoms with Crippen molar-refractivity contribution in [3.05, 3.63) is 58.7 Å². The highest BCUT2D eigenvalue weighted by Crippen LogP contribution is 2.23. The fourth-order valence-electron chi connectivity index (χ4n) is 2.07. The Morgan fingerprint density at radius 3 is 3.00 bits per heavy atom. The van der Waals surface area contributed by atoms with Crippen molar-refractivity contribution < 1.29 is 4.39 Å². The average Bonchev–Trinajstić information content (AvgIpc) is 2.93. The first kappa shape index (κ1) is 12.1. The largest absolute Gasteiger partial charge is 0.384 e. The molecule has 0 amide bonds. The Hall–Kier alpha value is -1.94. The Balaban J connectivity index is 1.79. The summed E-state index contributed by atoms with van der Waals surface area (Å²) in [5.74, 6) is -0.279. The van der Waals surface area contributed by atoms with Crippen LogP contribution in [-0.2, 0) is 6.42 Å². The number of hydrogen-bond donors (Lipinski definition) is 1. The minimum absolute atomic E-state index is 0.279. The normalized spacial score (nSPS) is 10.8. The van der Waals surface area contributed by atoms with Crippen molar-refractivity contribution in [2.24, 2.45) is 0 Å². The van der Waals surface area contributed by atoms with Crippen molar-refractivity contribution in [3.63, 3.8) is 0 Å². The van der Waals surface area contributed by atoms with E-state index < -0.39 is 0 Å². The van der Waals surface area contributed by atoms with Gasteiger partial charge in [0.2, 0.25) is 0 Å². The van der Waals surface area contributed by atoms with Crippen LogP contribution in [0.5, 0.6) is 0 Å². The maximum absolute atomic E-state index is 13.6. The molecule has 0 saturated heterocycles. The number of benzene rings is 1. The summed E-state index contributed by atoms with van der Waals surface area (Å²) < 4.78 is 13.6. The van der Waals surface area contributed by atoms with Crippen molar-refractivity contribution in [2.75, 3.05) is 11.9 Å². The smallest absolute Gasteiger partial charge is 0.149 e. The van der Waals surface area contributed by atoms with Gasteiger partial charge in [0.25, 0.3) is 0 Å². The van der Waals surface area contributed by atoms with Crippen LogP contribution < -0.4 is 5.32 Å². The van der Waals surface area contributed by atoms with Crippen LogP contribution in [0.1, 0.15) is 5.56 Å². The molecule has 0 unspecified atom stereocenters. The molecule has 0 aliphatic rings. The summed E-state index contributed by atoms with van der Waals surface area (Å²) in [6, 6.07) is 9.04. The summed E-state index contributed by atoms with van der Waals surface area (Å²) >= 11 is 1.70. The SMILES string of the molecule is Fc1cccc2c(NCCc3ccsc3)ccnc12. The van der Waals surface area contributed by atoms with Crippen LogP contribution in [0.25, 0.3) is 10.9 Å². The van der Waals surface area contributed by atoms with Crippen LogP contribution in [0, 0.1) is 5.82 Å². The van der Waals surface area contributed by atoms with E-state index in [2.05, 4.69) is 27.1 Å². The standard InChI is InChI=1S/C15H13FN2S/c16-13-3-1-2-12-14(5-8-18-15(12)13)17-7-4-11-6-9-19-10-11/h1-3,5-6,8-10H,4,7H2,(H,17,18). The Morgan fingerprint density at radius 1 is 1.21 bits per heavy atom. The molecular weight excluding hydrogens is 259 g/mol. The second-order valence-corrected chi connectivity index (χ2v) is 5.08. The van der Waals surface area contributed by atoms with Crippen LogP contribution in [0.3, 0.4) is 0 Å². The number of para-hydroxylation sites is 1. The average molecular weight is 272 g/mol. The fraction of sp³-hybridized carbons (Fsp3) is 0.133. The van der Waals surface area contributed by atoms with Gasteiger partial charge in [0, 0.05) is 23.8 Å². The number of hydrogen-bond acceptors (Lipinski definition) is 3. The number of halogens is 1. The Labute approximate surface area is 114 Å². The molecule has 0 bridgehead atoms. The van der Waals surface area contributed by atoms with Crippen LogP contribution >= 0.6 is 11.3 Å². The first-order valence-corrected chi connectivity index (χ1v) is 7.07. The molecule has 2 aromatic heterocycles. The van der Waals surface area contributed by atoms with Crippen LogP contribution in [0.4, 0.5) is 10.1 Å². The van der Waals surface area contributed by atoms with E-state index in [0.717, 1.165) is 24.0 Å². The number of thiophene rings is 1. The summed E-state index contributed by atoms with van der Waals surface area (Å²) in [6.07, 6.45) is 2.60. The Kier molecular flexibility index (Phi) is 3.42. The molecule has 0 spiro atoms. The summed E-state index contributed by atoms with van der Waals surface area (Å²) in [6.45, 7) is 0.826. The van der Waals surface area contributed by atoms with Gasteiger partial charge in [-0.15, -0.1) is 0 Å². The lowest BCUT2D eigenvalue weighted by Crippen LogP contribution is -2.05. The molecule has 96 valence electrons. The first-order chi connectivity index (χ1) is 9.34. The third kappa shape index (κ3) is 2.58. The zero-order valence-corrected chi connectivity index (χ0v) is 11.1. The fourth-order valence-corrected chi connectivity index (χ4v) is 2.77. The maximum Gasteiger partial charge on any atom is 0.149 e. The molecule has 0 radical (unpaired) electrons. The van der Waals surface area contributed by atoms with Crippen molar-refractivity contribution in [2.45, 2.75) is 6.42 Å². The molecular formula is C15H13FN2S.